The van der Waals surface area contributed by atoms with E-state index in [1.807, 2.05) is 0 Å². The second-order valence-corrected chi connectivity index (χ2v) is 2.56. The maximum absolute atomic E-state index is 12.5. The van der Waals surface area contributed by atoms with Crippen LogP contribution in [0.2, 0.25) is 0 Å². The molecular formula is C8H6F2N4. The third kappa shape index (κ3) is 1.46. The molecule has 0 N–H and O–H groups in total. The predicted octanol–water partition coefficient (Wildman–Crippen LogP) is 1.60. The quantitative estimate of drug-likeness (QED) is 0.732. The molecule has 0 aliphatic carbocycles. The van der Waals surface area contributed by atoms with Crippen LogP contribution in [0.5, 0.6) is 0 Å². The van der Waals surface area contributed by atoms with Crippen LogP contribution in [0.4, 0.5) is 8.78 Å². The fourth-order valence-electron chi connectivity index (χ4n) is 1.09. The normalized spacial score (nSPS) is 10.8. The maximum atomic E-state index is 12.5. The zero-order chi connectivity index (χ0) is 9.97. The zero-order valence-corrected chi connectivity index (χ0v) is 7.01. The van der Waals surface area contributed by atoms with Gasteiger partial charge in [0.25, 0.3) is 6.43 Å². The first-order valence-electron chi connectivity index (χ1n) is 3.89. The van der Waals surface area contributed by atoms with Crippen molar-refractivity contribution in [3.63, 3.8) is 0 Å². The van der Waals surface area contributed by atoms with Crippen LogP contribution in [0.1, 0.15) is 12.0 Å². The maximum Gasteiger partial charge on any atom is 0.267 e. The molecule has 0 fully saturated rings. The van der Waals surface area contributed by atoms with Crippen molar-refractivity contribution in [2.75, 3.05) is 0 Å². The Morgan fingerprint density at radius 1 is 1.29 bits per heavy atom. The summed E-state index contributed by atoms with van der Waals surface area (Å²) in [5.74, 6) is 0.111. The molecule has 2 aromatic rings. The second kappa shape index (κ2) is 3.49. The van der Waals surface area contributed by atoms with E-state index in [0.717, 1.165) is 0 Å². The molecule has 0 atom stereocenters. The van der Waals surface area contributed by atoms with Crippen LogP contribution in [0.25, 0.3) is 5.82 Å². The minimum atomic E-state index is -2.57. The van der Waals surface area contributed by atoms with E-state index in [9.17, 15) is 8.78 Å². The molecule has 6 heteroatoms. The topological polar surface area (TPSA) is 43.6 Å². The zero-order valence-electron chi connectivity index (χ0n) is 7.01. The Morgan fingerprint density at radius 2 is 2.14 bits per heavy atom. The van der Waals surface area contributed by atoms with Crippen molar-refractivity contribution in [3.8, 4) is 5.82 Å². The molecule has 14 heavy (non-hydrogen) atoms. The van der Waals surface area contributed by atoms with Gasteiger partial charge < -0.3 is 0 Å². The van der Waals surface area contributed by atoms with Crippen LogP contribution >= 0.6 is 0 Å². The van der Waals surface area contributed by atoms with E-state index < -0.39 is 6.43 Å². The summed E-state index contributed by atoms with van der Waals surface area (Å²) in [6.45, 7) is 0. The summed E-state index contributed by atoms with van der Waals surface area (Å²) in [6, 6.07) is 2.77. The lowest BCUT2D eigenvalue weighted by atomic mass is 10.2. The van der Waals surface area contributed by atoms with Gasteiger partial charge >= 0.3 is 0 Å². The summed E-state index contributed by atoms with van der Waals surface area (Å²) in [7, 11) is 0. The molecule has 0 radical (unpaired) electrons. The van der Waals surface area contributed by atoms with Crippen molar-refractivity contribution in [3.05, 3.63) is 36.3 Å². The van der Waals surface area contributed by atoms with Crippen molar-refractivity contribution in [1.82, 2.24) is 20.0 Å². The lowest BCUT2D eigenvalue weighted by molar-refractivity contribution is 0.150. The SMILES string of the molecule is FC(F)c1cccnc1-n1ccnn1. The van der Waals surface area contributed by atoms with Gasteiger partial charge in [-0.2, -0.15) is 0 Å². The Kier molecular flexibility index (Phi) is 2.18. The van der Waals surface area contributed by atoms with Gasteiger partial charge in [0.05, 0.1) is 18.0 Å². The van der Waals surface area contributed by atoms with Crippen LogP contribution in [0.15, 0.2) is 30.7 Å². The lowest BCUT2D eigenvalue weighted by Crippen LogP contribution is -2.03. The van der Waals surface area contributed by atoms with Crippen LogP contribution in [0.3, 0.4) is 0 Å². The van der Waals surface area contributed by atoms with Gasteiger partial charge in [0.1, 0.15) is 0 Å². The molecular weight excluding hydrogens is 190 g/mol. The molecule has 72 valence electrons. The molecule has 0 unspecified atom stereocenters. The van der Waals surface area contributed by atoms with E-state index in [1.165, 1.54) is 35.4 Å². The fourth-order valence-corrected chi connectivity index (χ4v) is 1.09. The molecule has 2 aromatic heterocycles. The number of rotatable bonds is 2. The fraction of sp³-hybridized carbons (Fsp3) is 0.125. The first-order chi connectivity index (χ1) is 6.79. The van der Waals surface area contributed by atoms with Crippen LogP contribution in [-0.2, 0) is 0 Å². The van der Waals surface area contributed by atoms with Gasteiger partial charge in [-0.3, -0.25) is 0 Å². The predicted molar refractivity (Wildman–Crippen MR) is 44.1 cm³/mol. The van der Waals surface area contributed by atoms with Crippen molar-refractivity contribution in [2.45, 2.75) is 6.43 Å². The van der Waals surface area contributed by atoms with Crippen molar-refractivity contribution in [1.29, 1.82) is 0 Å². The molecule has 2 rings (SSSR count). The number of nitrogens with zero attached hydrogens (tertiary/aromatic N) is 4. The highest BCUT2D eigenvalue weighted by atomic mass is 19.3. The van der Waals surface area contributed by atoms with Gasteiger partial charge in [0.2, 0.25) is 0 Å². The Hall–Kier alpha value is -1.85. The standard InChI is InChI=1S/C8H6F2N4/c9-7(10)6-2-1-3-11-8(6)14-5-4-12-13-14/h1-5,7H. The Bertz CT molecular complexity index is 413. The third-order valence-corrected chi connectivity index (χ3v) is 1.69. The van der Waals surface area contributed by atoms with Crippen molar-refractivity contribution in [2.24, 2.45) is 0 Å². The molecule has 0 spiro atoms. The number of hydrogen-bond acceptors (Lipinski definition) is 3. The highest BCUT2D eigenvalue weighted by Gasteiger charge is 2.14. The molecule has 0 aliphatic rings. The van der Waals surface area contributed by atoms with Gasteiger partial charge in [0, 0.05) is 6.20 Å². The molecule has 0 bridgehead atoms. The van der Waals surface area contributed by atoms with Crippen LogP contribution < -0.4 is 0 Å². The van der Waals surface area contributed by atoms with Gasteiger partial charge in [-0.15, -0.1) is 5.10 Å². The van der Waals surface area contributed by atoms with E-state index in [2.05, 4.69) is 15.3 Å². The number of aromatic nitrogens is 4. The molecule has 0 saturated heterocycles. The monoisotopic (exact) mass is 196 g/mol. The lowest BCUT2D eigenvalue weighted by Gasteiger charge is -2.05. The van der Waals surface area contributed by atoms with Crippen molar-refractivity contribution >= 4 is 0 Å². The van der Waals surface area contributed by atoms with Crippen LogP contribution in [-0.4, -0.2) is 20.0 Å². The van der Waals surface area contributed by atoms with E-state index in [0.29, 0.717) is 0 Å². The van der Waals surface area contributed by atoms with Gasteiger partial charge in [-0.25, -0.2) is 18.4 Å². The number of alkyl halides is 2. The van der Waals surface area contributed by atoms with E-state index >= 15 is 0 Å². The van der Waals surface area contributed by atoms with Gasteiger partial charge in [-0.1, -0.05) is 5.21 Å². The third-order valence-electron chi connectivity index (χ3n) is 1.69. The Labute approximate surface area is 78.2 Å². The molecule has 0 aliphatic heterocycles. The summed E-state index contributed by atoms with van der Waals surface area (Å²) < 4.78 is 26.2. The van der Waals surface area contributed by atoms with E-state index in [4.69, 9.17) is 0 Å². The average molecular weight is 196 g/mol. The average Bonchev–Trinajstić information content (AvgIpc) is 2.70. The largest absolute Gasteiger partial charge is 0.267 e. The molecule has 0 saturated carbocycles. The minimum Gasteiger partial charge on any atom is -0.237 e. The van der Waals surface area contributed by atoms with Crippen molar-refractivity contribution < 1.29 is 8.78 Å². The minimum absolute atomic E-state index is 0.111. The number of pyridine rings is 1. The summed E-state index contributed by atoms with van der Waals surface area (Å²) in [6.07, 6.45) is 1.74. The number of hydrogen-bond donors (Lipinski definition) is 0. The van der Waals surface area contributed by atoms with E-state index in [1.54, 1.807) is 0 Å². The highest BCUT2D eigenvalue weighted by molar-refractivity contribution is 5.33. The molecule has 4 nitrogen and oxygen atoms in total. The summed E-state index contributed by atoms with van der Waals surface area (Å²) in [4.78, 5) is 3.82. The Morgan fingerprint density at radius 3 is 2.79 bits per heavy atom. The molecule has 0 aromatic carbocycles. The van der Waals surface area contributed by atoms with Gasteiger partial charge in [-0.05, 0) is 12.1 Å². The van der Waals surface area contributed by atoms with Gasteiger partial charge in [0.15, 0.2) is 5.82 Å². The summed E-state index contributed by atoms with van der Waals surface area (Å²) >= 11 is 0. The first-order valence-corrected chi connectivity index (χ1v) is 3.89. The smallest absolute Gasteiger partial charge is 0.237 e. The van der Waals surface area contributed by atoms with Crippen LogP contribution in [0, 0.1) is 0 Å². The Balaban J connectivity index is 2.53. The molecule has 2 heterocycles. The number of halogens is 2. The summed E-state index contributed by atoms with van der Waals surface area (Å²) in [5, 5.41) is 7.13. The first kappa shape index (κ1) is 8.74. The summed E-state index contributed by atoms with van der Waals surface area (Å²) in [5.41, 5.74) is -0.155. The van der Waals surface area contributed by atoms with E-state index in [-0.39, 0.29) is 11.4 Å². The molecule has 0 amide bonds. The second-order valence-electron chi connectivity index (χ2n) is 2.56. The highest BCUT2D eigenvalue weighted by Crippen LogP contribution is 2.22.